The maximum absolute atomic E-state index is 12.3. The third-order valence-corrected chi connectivity index (χ3v) is 4.38. The Hall–Kier alpha value is -3.21. The van der Waals surface area contributed by atoms with Crippen LogP contribution in [0.3, 0.4) is 0 Å². The monoisotopic (exact) mass is 365 g/mol. The van der Waals surface area contributed by atoms with Crippen molar-refractivity contribution in [3.63, 3.8) is 0 Å². The highest BCUT2D eigenvalue weighted by atomic mass is 16.5. The van der Waals surface area contributed by atoms with E-state index in [2.05, 4.69) is 29.6 Å². The Bertz CT molecular complexity index is 916. The van der Waals surface area contributed by atoms with Crippen LogP contribution in [0.15, 0.2) is 60.7 Å². The topological polar surface area (TPSA) is 56.8 Å². The lowest BCUT2D eigenvalue weighted by Gasteiger charge is -2.17. The van der Waals surface area contributed by atoms with E-state index < -0.39 is 0 Å². The zero-order valence-corrected chi connectivity index (χ0v) is 15.7. The Balaban J connectivity index is 1.65. The largest absolute Gasteiger partial charge is 0.493 e. The molecule has 140 valence electrons. The van der Waals surface area contributed by atoms with Crippen molar-refractivity contribution in [3.8, 4) is 17.2 Å². The molecule has 0 aromatic heterocycles. The summed E-state index contributed by atoms with van der Waals surface area (Å²) in [6, 6.07) is 19.5. The van der Waals surface area contributed by atoms with Gasteiger partial charge in [0.2, 0.25) is 5.75 Å². The minimum absolute atomic E-state index is 0.130. The van der Waals surface area contributed by atoms with Gasteiger partial charge >= 0.3 is 0 Å². The molecular weight excluding hydrogens is 342 g/mol. The van der Waals surface area contributed by atoms with E-state index in [1.54, 1.807) is 32.4 Å². The molecule has 0 aliphatic carbocycles. The molecule has 0 bridgehead atoms. The second-order valence-electron chi connectivity index (χ2n) is 6.18. The van der Waals surface area contributed by atoms with Crippen molar-refractivity contribution in [2.75, 3.05) is 20.8 Å². The van der Waals surface area contributed by atoms with E-state index in [0.717, 1.165) is 10.9 Å². The number of para-hydroxylation sites is 1. The van der Waals surface area contributed by atoms with E-state index in [9.17, 15) is 4.79 Å². The van der Waals surface area contributed by atoms with Crippen LogP contribution in [0.5, 0.6) is 17.2 Å². The van der Waals surface area contributed by atoms with Crippen molar-refractivity contribution >= 4 is 16.7 Å². The summed E-state index contributed by atoms with van der Waals surface area (Å²) in [6.45, 7) is 1.82. The molecule has 3 aromatic carbocycles. The molecule has 0 unspecified atom stereocenters. The maximum Gasteiger partial charge on any atom is 0.258 e. The average Bonchev–Trinajstić information content (AvgIpc) is 2.71. The zero-order chi connectivity index (χ0) is 19.2. The standard InChI is InChI=1S/C22H23NO4/c1-15(17-12-11-16-7-4-5-8-18(16)13-17)23-21(24)14-27-22-19(25-2)9-6-10-20(22)26-3/h4-13,15H,14H2,1-3H3,(H,23,24)/t15-/m1/s1. The first-order valence-corrected chi connectivity index (χ1v) is 8.74. The number of methoxy groups -OCH3 is 2. The fourth-order valence-corrected chi connectivity index (χ4v) is 2.94. The van der Waals surface area contributed by atoms with Crippen LogP contribution in [0.4, 0.5) is 0 Å². The van der Waals surface area contributed by atoms with E-state index in [1.807, 2.05) is 25.1 Å². The number of fused-ring (bicyclic) bond motifs is 1. The Labute approximate surface area is 158 Å². The lowest BCUT2D eigenvalue weighted by atomic mass is 10.0. The van der Waals surface area contributed by atoms with Crippen LogP contribution < -0.4 is 19.5 Å². The quantitative estimate of drug-likeness (QED) is 0.684. The highest BCUT2D eigenvalue weighted by Gasteiger charge is 2.15. The fraction of sp³-hybridized carbons (Fsp3) is 0.227. The second kappa shape index (κ2) is 8.45. The maximum atomic E-state index is 12.3. The number of nitrogens with one attached hydrogen (secondary N) is 1. The molecule has 0 aliphatic rings. The predicted molar refractivity (Wildman–Crippen MR) is 106 cm³/mol. The molecule has 3 aromatic rings. The van der Waals surface area contributed by atoms with Crippen molar-refractivity contribution < 1.29 is 19.0 Å². The molecule has 0 radical (unpaired) electrons. The third kappa shape index (κ3) is 4.31. The van der Waals surface area contributed by atoms with Gasteiger partial charge in [-0.2, -0.15) is 0 Å². The molecule has 27 heavy (non-hydrogen) atoms. The Morgan fingerprint density at radius 3 is 2.26 bits per heavy atom. The van der Waals surface area contributed by atoms with Crippen LogP contribution in [0.25, 0.3) is 10.8 Å². The van der Waals surface area contributed by atoms with Crippen molar-refractivity contribution in [2.45, 2.75) is 13.0 Å². The summed E-state index contributed by atoms with van der Waals surface area (Å²) in [5.41, 5.74) is 1.04. The molecule has 0 spiro atoms. The van der Waals surface area contributed by atoms with Gasteiger partial charge in [-0.3, -0.25) is 4.79 Å². The first kappa shape index (κ1) is 18.6. The van der Waals surface area contributed by atoms with Crippen molar-refractivity contribution in [2.24, 2.45) is 0 Å². The van der Waals surface area contributed by atoms with Crippen LogP contribution >= 0.6 is 0 Å². The lowest BCUT2D eigenvalue weighted by molar-refractivity contribution is -0.123. The molecule has 5 nitrogen and oxygen atoms in total. The summed E-state index contributed by atoms with van der Waals surface area (Å²) in [4.78, 5) is 12.3. The van der Waals surface area contributed by atoms with Gasteiger partial charge in [-0.1, -0.05) is 42.5 Å². The average molecular weight is 365 g/mol. The first-order valence-electron chi connectivity index (χ1n) is 8.74. The molecule has 0 fully saturated rings. The number of rotatable bonds is 7. The van der Waals surface area contributed by atoms with E-state index in [-0.39, 0.29) is 18.6 Å². The minimum atomic E-state index is -0.219. The number of ether oxygens (including phenoxy) is 3. The van der Waals surface area contributed by atoms with Gasteiger partial charge in [0.1, 0.15) is 0 Å². The summed E-state index contributed by atoms with van der Waals surface area (Å²) in [5, 5.41) is 5.28. The summed E-state index contributed by atoms with van der Waals surface area (Å²) in [6.07, 6.45) is 0. The van der Waals surface area contributed by atoms with Crippen LogP contribution in [0, 0.1) is 0 Å². The van der Waals surface area contributed by atoms with Crippen LogP contribution in [-0.4, -0.2) is 26.7 Å². The van der Waals surface area contributed by atoms with Crippen LogP contribution in [-0.2, 0) is 4.79 Å². The first-order chi connectivity index (χ1) is 13.1. The van der Waals surface area contributed by atoms with E-state index in [4.69, 9.17) is 14.2 Å². The summed E-state index contributed by atoms with van der Waals surface area (Å²) in [5.74, 6) is 1.23. The van der Waals surface area contributed by atoms with Crippen LogP contribution in [0.1, 0.15) is 18.5 Å². The summed E-state index contributed by atoms with van der Waals surface area (Å²) < 4.78 is 16.2. The highest BCUT2D eigenvalue weighted by Crippen LogP contribution is 2.36. The molecule has 1 N–H and O–H groups in total. The Morgan fingerprint density at radius 2 is 1.59 bits per heavy atom. The van der Waals surface area contributed by atoms with Gasteiger partial charge in [-0.25, -0.2) is 0 Å². The normalized spacial score (nSPS) is 11.7. The molecule has 0 saturated carbocycles. The zero-order valence-electron chi connectivity index (χ0n) is 15.7. The molecule has 3 rings (SSSR count). The molecule has 0 saturated heterocycles. The van der Waals surface area contributed by atoms with Crippen molar-refractivity contribution in [1.82, 2.24) is 5.32 Å². The summed E-state index contributed by atoms with van der Waals surface area (Å²) in [7, 11) is 3.09. The van der Waals surface area contributed by atoms with Crippen LogP contribution in [0.2, 0.25) is 0 Å². The SMILES string of the molecule is COc1cccc(OC)c1OCC(=O)N[C@H](C)c1ccc2ccccc2c1. The number of carbonyl (C=O) groups excluding carboxylic acids is 1. The Morgan fingerprint density at radius 1 is 0.926 bits per heavy atom. The van der Waals surface area contributed by atoms with Gasteiger partial charge < -0.3 is 19.5 Å². The number of hydrogen-bond donors (Lipinski definition) is 1. The smallest absolute Gasteiger partial charge is 0.258 e. The number of hydrogen-bond acceptors (Lipinski definition) is 4. The molecular formula is C22H23NO4. The highest BCUT2D eigenvalue weighted by molar-refractivity contribution is 5.83. The summed E-state index contributed by atoms with van der Waals surface area (Å²) >= 11 is 0. The van der Waals surface area contributed by atoms with Gasteiger partial charge in [0, 0.05) is 0 Å². The second-order valence-corrected chi connectivity index (χ2v) is 6.18. The van der Waals surface area contributed by atoms with Gasteiger partial charge in [0.15, 0.2) is 18.1 Å². The number of carbonyl (C=O) groups is 1. The van der Waals surface area contributed by atoms with Gasteiger partial charge in [-0.15, -0.1) is 0 Å². The van der Waals surface area contributed by atoms with Crippen molar-refractivity contribution in [1.29, 1.82) is 0 Å². The van der Waals surface area contributed by atoms with E-state index in [0.29, 0.717) is 17.2 Å². The van der Waals surface area contributed by atoms with Gasteiger partial charge in [0.05, 0.1) is 20.3 Å². The minimum Gasteiger partial charge on any atom is -0.493 e. The number of benzene rings is 3. The fourth-order valence-electron chi connectivity index (χ4n) is 2.94. The molecule has 0 aliphatic heterocycles. The van der Waals surface area contributed by atoms with E-state index in [1.165, 1.54) is 5.39 Å². The molecule has 1 amide bonds. The van der Waals surface area contributed by atoms with Crippen molar-refractivity contribution in [3.05, 3.63) is 66.2 Å². The number of amides is 1. The lowest BCUT2D eigenvalue weighted by Crippen LogP contribution is -2.31. The molecule has 1 atom stereocenters. The molecule has 5 heteroatoms. The van der Waals surface area contributed by atoms with Gasteiger partial charge in [0.25, 0.3) is 5.91 Å². The Kier molecular flexibility index (Phi) is 5.81. The third-order valence-electron chi connectivity index (χ3n) is 4.38. The van der Waals surface area contributed by atoms with E-state index >= 15 is 0 Å². The predicted octanol–water partition coefficient (Wildman–Crippen LogP) is 4.11. The van der Waals surface area contributed by atoms with Gasteiger partial charge in [-0.05, 0) is 41.5 Å². The molecule has 0 heterocycles.